The lowest BCUT2D eigenvalue weighted by Gasteiger charge is -2.22. The molecule has 7 nitrogen and oxygen atoms in total. The zero-order valence-electron chi connectivity index (χ0n) is 14.3. The number of carbonyl (C=O) groups is 1. The molecule has 1 saturated heterocycles. The van der Waals surface area contributed by atoms with E-state index >= 15 is 0 Å². The molecule has 1 fully saturated rings. The van der Waals surface area contributed by atoms with Gasteiger partial charge < -0.3 is 19.9 Å². The first kappa shape index (κ1) is 16.9. The van der Waals surface area contributed by atoms with Crippen LogP contribution in [0.25, 0.3) is 11.2 Å². The number of nitrogens with zero attached hydrogens (tertiary/aromatic N) is 3. The highest BCUT2D eigenvalue weighted by Gasteiger charge is 2.22. The Labute approximate surface area is 141 Å². The van der Waals surface area contributed by atoms with E-state index in [1.54, 1.807) is 6.20 Å². The first-order valence-electron chi connectivity index (χ1n) is 8.55. The summed E-state index contributed by atoms with van der Waals surface area (Å²) in [6, 6.07) is 3.83. The molecular formula is C17H25N5O2. The van der Waals surface area contributed by atoms with Gasteiger partial charge in [0.15, 0.2) is 5.65 Å². The highest BCUT2D eigenvalue weighted by Crippen LogP contribution is 2.16. The van der Waals surface area contributed by atoms with Crippen LogP contribution in [0.1, 0.15) is 26.1 Å². The molecule has 0 aromatic carbocycles. The van der Waals surface area contributed by atoms with Crippen molar-refractivity contribution >= 4 is 17.1 Å². The Morgan fingerprint density at radius 2 is 2.42 bits per heavy atom. The number of pyridine rings is 1. The Balaban J connectivity index is 1.72. The van der Waals surface area contributed by atoms with Crippen LogP contribution in [0, 0.1) is 5.92 Å². The third kappa shape index (κ3) is 3.91. The van der Waals surface area contributed by atoms with E-state index in [0.29, 0.717) is 25.6 Å². The van der Waals surface area contributed by atoms with Gasteiger partial charge in [0.1, 0.15) is 17.4 Å². The van der Waals surface area contributed by atoms with Crippen molar-refractivity contribution in [2.45, 2.75) is 39.5 Å². The molecule has 24 heavy (non-hydrogen) atoms. The number of nitrogens with one attached hydrogen (secondary N) is 2. The van der Waals surface area contributed by atoms with E-state index in [2.05, 4.69) is 39.0 Å². The third-order valence-corrected chi connectivity index (χ3v) is 4.15. The van der Waals surface area contributed by atoms with E-state index in [1.165, 1.54) is 0 Å². The summed E-state index contributed by atoms with van der Waals surface area (Å²) in [6.07, 6.45) is 2.39. The Hall–Kier alpha value is -1.99. The number of morpholine rings is 1. The van der Waals surface area contributed by atoms with Crippen molar-refractivity contribution in [1.82, 2.24) is 25.2 Å². The van der Waals surface area contributed by atoms with Crippen molar-refractivity contribution in [2.24, 2.45) is 5.92 Å². The average molecular weight is 331 g/mol. The number of ether oxygens (including phenoxy) is 1. The SMILES string of the molecule is CC(C)CCn1c(CNC(=O)[C@H]2CNCCO2)nc2cccnc21. The summed E-state index contributed by atoms with van der Waals surface area (Å²) in [4.78, 5) is 21.3. The molecule has 130 valence electrons. The Morgan fingerprint density at radius 3 is 3.17 bits per heavy atom. The van der Waals surface area contributed by atoms with Crippen molar-refractivity contribution in [3.63, 3.8) is 0 Å². The minimum atomic E-state index is -0.426. The number of hydrogen-bond donors (Lipinski definition) is 2. The van der Waals surface area contributed by atoms with Crippen LogP contribution >= 0.6 is 0 Å². The maximum absolute atomic E-state index is 12.2. The van der Waals surface area contributed by atoms with Gasteiger partial charge in [0.2, 0.25) is 0 Å². The molecule has 1 atom stereocenters. The van der Waals surface area contributed by atoms with Gasteiger partial charge in [0.05, 0.1) is 13.2 Å². The van der Waals surface area contributed by atoms with Gasteiger partial charge in [-0.15, -0.1) is 0 Å². The van der Waals surface area contributed by atoms with Crippen LogP contribution in [0.3, 0.4) is 0 Å². The second-order valence-electron chi connectivity index (χ2n) is 6.49. The second-order valence-corrected chi connectivity index (χ2v) is 6.49. The molecule has 1 aliphatic heterocycles. The first-order valence-corrected chi connectivity index (χ1v) is 8.55. The molecule has 0 unspecified atom stereocenters. The standard InChI is InChI=1S/C17H25N5O2/c1-12(2)5-8-22-15(21-13-4-3-6-19-16(13)22)11-20-17(23)14-10-18-7-9-24-14/h3-4,6,12,14,18H,5,7-11H2,1-2H3,(H,20,23)/t14-/m1/s1. The maximum atomic E-state index is 12.2. The van der Waals surface area contributed by atoms with Gasteiger partial charge in [-0.1, -0.05) is 13.8 Å². The van der Waals surface area contributed by atoms with E-state index in [-0.39, 0.29) is 5.91 Å². The number of carbonyl (C=O) groups excluding carboxylic acids is 1. The molecule has 3 heterocycles. The fourth-order valence-electron chi connectivity index (χ4n) is 2.78. The van der Waals surface area contributed by atoms with Crippen LogP contribution in [0.15, 0.2) is 18.3 Å². The predicted octanol–water partition coefficient (Wildman–Crippen LogP) is 1.08. The van der Waals surface area contributed by atoms with Crippen molar-refractivity contribution < 1.29 is 9.53 Å². The normalized spacial score (nSPS) is 18.2. The summed E-state index contributed by atoms with van der Waals surface area (Å²) in [5, 5.41) is 6.11. The summed E-state index contributed by atoms with van der Waals surface area (Å²) in [5.41, 5.74) is 1.74. The minimum absolute atomic E-state index is 0.0994. The van der Waals surface area contributed by atoms with E-state index in [9.17, 15) is 4.79 Å². The minimum Gasteiger partial charge on any atom is -0.366 e. The van der Waals surface area contributed by atoms with Crippen LogP contribution < -0.4 is 10.6 Å². The molecule has 0 bridgehead atoms. The highest BCUT2D eigenvalue weighted by atomic mass is 16.5. The number of aryl methyl sites for hydroxylation is 1. The van der Waals surface area contributed by atoms with E-state index in [1.807, 2.05) is 12.1 Å². The van der Waals surface area contributed by atoms with E-state index in [4.69, 9.17) is 4.74 Å². The summed E-state index contributed by atoms with van der Waals surface area (Å²) in [5.74, 6) is 1.33. The molecule has 2 aromatic heterocycles. The van der Waals surface area contributed by atoms with Crippen molar-refractivity contribution in [3.8, 4) is 0 Å². The quantitative estimate of drug-likeness (QED) is 0.828. The van der Waals surface area contributed by atoms with E-state index < -0.39 is 6.10 Å². The summed E-state index contributed by atoms with van der Waals surface area (Å²) < 4.78 is 7.59. The van der Waals surface area contributed by atoms with Crippen molar-refractivity contribution in [1.29, 1.82) is 0 Å². The monoisotopic (exact) mass is 331 g/mol. The number of imidazole rings is 1. The zero-order valence-corrected chi connectivity index (χ0v) is 14.3. The Bertz CT molecular complexity index is 691. The average Bonchev–Trinajstić information content (AvgIpc) is 2.96. The van der Waals surface area contributed by atoms with Crippen molar-refractivity contribution in [3.05, 3.63) is 24.2 Å². The fourth-order valence-corrected chi connectivity index (χ4v) is 2.78. The van der Waals surface area contributed by atoms with E-state index in [0.717, 1.165) is 36.5 Å². The van der Waals surface area contributed by atoms with Gasteiger partial charge >= 0.3 is 0 Å². The number of rotatable bonds is 6. The highest BCUT2D eigenvalue weighted by molar-refractivity contribution is 5.81. The molecule has 2 aromatic rings. The van der Waals surface area contributed by atoms with Crippen LogP contribution in [0.2, 0.25) is 0 Å². The molecular weight excluding hydrogens is 306 g/mol. The van der Waals surface area contributed by atoms with Crippen LogP contribution in [0.5, 0.6) is 0 Å². The molecule has 0 aliphatic carbocycles. The topological polar surface area (TPSA) is 81.1 Å². The zero-order chi connectivity index (χ0) is 16.9. The summed E-state index contributed by atoms with van der Waals surface area (Å²) in [7, 11) is 0. The fraction of sp³-hybridized carbons (Fsp3) is 0.588. The lowest BCUT2D eigenvalue weighted by Crippen LogP contribution is -2.47. The van der Waals surface area contributed by atoms with Crippen LogP contribution in [-0.4, -0.2) is 46.2 Å². The third-order valence-electron chi connectivity index (χ3n) is 4.15. The molecule has 3 rings (SSSR count). The van der Waals surface area contributed by atoms with Crippen LogP contribution in [0.4, 0.5) is 0 Å². The summed E-state index contributed by atoms with van der Waals surface area (Å²) in [6.45, 7) is 7.53. The molecule has 7 heteroatoms. The smallest absolute Gasteiger partial charge is 0.250 e. The van der Waals surface area contributed by atoms with Crippen LogP contribution in [-0.2, 0) is 22.6 Å². The second kappa shape index (κ2) is 7.72. The largest absolute Gasteiger partial charge is 0.366 e. The molecule has 0 spiro atoms. The number of amides is 1. The van der Waals surface area contributed by atoms with Gasteiger partial charge in [-0.05, 0) is 24.5 Å². The molecule has 1 aliphatic rings. The number of aromatic nitrogens is 3. The summed E-state index contributed by atoms with van der Waals surface area (Å²) >= 11 is 0. The Morgan fingerprint density at radius 1 is 1.54 bits per heavy atom. The van der Waals surface area contributed by atoms with Gasteiger partial charge in [0.25, 0.3) is 5.91 Å². The molecule has 1 amide bonds. The first-order chi connectivity index (χ1) is 11.6. The predicted molar refractivity (Wildman–Crippen MR) is 91.4 cm³/mol. The Kier molecular flexibility index (Phi) is 5.42. The van der Waals surface area contributed by atoms with Crippen molar-refractivity contribution in [2.75, 3.05) is 19.7 Å². The lowest BCUT2D eigenvalue weighted by molar-refractivity contribution is -0.134. The van der Waals surface area contributed by atoms with Gasteiger partial charge in [-0.3, -0.25) is 4.79 Å². The maximum Gasteiger partial charge on any atom is 0.250 e. The molecule has 0 saturated carbocycles. The molecule has 0 radical (unpaired) electrons. The van der Waals surface area contributed by atoms with Gasteiger partial charge in [0, 0.05) is 25.8 Å². The number of hydrogen-bond acceptors (Lipinski definition) is 5. The van der Waals surface area contributed by atoms with Gasteiger partial charge in [-0.2, -0.15) is 0 Å². The number of fused-ring (bicyclic) bond motifs is 1. The molecule has 2 N–H and O–H groups in total. The van der Waals surface area contributed by atoms with Gasteiger partial charge in [-0.25, -0.2) is 9.97 Å². The lowest BCUT2D eigenvalue weighted by atomic mass is 10.1.